The van der Waals surface area contributed by atoms with Crippen LogP contribution in [-0.2, 0) is 4.79 Å². The van der Waals surface area contributed by atoms with Crippen LogP contribution in [0.5, 0.6) is 0 Å². The molecule has 0 bridgehead atoms. The summed E-state index contributed by atoms with van der Waals surface area (Å²) in [5.41, 5.74) is 0.431. The van der Waals surface area contributed by atoms with Crippen molar-refractivity contribution in [1.82, 2.24) is 10.2 Å². The van der Waals surface area contributed by atoms with Gasteiger partial charge in [0.2, 0.25) is 0 Å². The van der Waals surface area contributed by atoms with Crippen LogP contribution < -0.4 is 5.32 Å². The van der Waals surface area contributed by atoms with Crippen molar-refractivity contribution in [2.45, 2.75) is 38.1 Å². The van der Waals surface area contributed by atoms with Gasteiger partial charge < -0.3 is 5.32 Å². The molecule has 0 unspecified atom stereocenters. The van der Waals surface area contributed by atoms with E-state index >= 15 is 0 Å². The van der Waals surface area contributed by atoms with Gasteiger partial charge >= 0.3 is 6.03 Å². The number of amides is 3. The van der Waals surface area contributed by atoms with Gasteiger partial charge in [0, 0.05) is 6.54 Å². The molecule has 1 aliphatic carbocycles. The van der Waals surface area contributed by atoms with Crippen molar-refractivity contribution in [2.24, 2.45) is 5.92 Å². The summed E-state index contributed by atoms with van der Waals surface area (Å²) in [6, 6.07) is 9.62. The Bertz CT molecular complexity index is 586. The van der Waals surface area contributed by atoms with Gasteiger partial charge in [0.05, 0.1) is 0 Å². The minimum Gasteiger partial charge on any atom is -0.323 e. The Morgan fingerprint density at radius 3 is 2.59 bits per heavy atom. The molecule has 1 heterocycles. The first-order valence-corrected chi connectivity index (χ1v) is 7.96. The molecule has 2 aliphatic rings. The average Bonchev–Trinajstić information content (AvgIpc) is 2.76. The number of carbonyl (C=O) groups excluding carboxylic acids is 2. The van der Waals surface area contributed by atoms with Crippen molar-refractivity contribution in [3.8, 4) is 0 Å². The Labute approximate surface area is 131 Å². The van der Waals surface area contributed by atoms with E-state index in [2.05, 4.69) is 12.2 Å². The summed E-state index contributed by atoms with van der Waals surface area (Å²) in [5, 5.41) is 2.94. The molecule has 116 valence electrons. The quantitative estimate of drug-likeness (QED) is 0.871. The van der Waals surface area contributed by atoms with Crippen LogP contribution in [-0.4, -0.2) is 28.9 Å². The second kappa shape index (κ2) is 5.95. The zero-order valence-corrected chi connectivity index (χ0v) is 12.9. The highest BCUT2D eigenvalue weighted by Gasteiger charge is 2.51. The van der Waals surface area contributed by atoms with Gasteiger partial charge in [-0.05, 0) is 37.2 Å². The molecule has 1 saturated heterocycles. The smallest absolute Gasteiger partial charge is 0.323 e. The second-order valence-corrected chi connectivity index (χ2v) is 6.42. The molecular formula is C18H22N2O2. The average molecular weight is 298 g/mol. The van der Waals surface area contributed by atoms with Gasteiger partial charge in [0.25, 0.3) is 5.91 Å². The predicted octanol–water partition coefficient (Wildman–Crippen LogP) is 3.20. The highest BCUT2D eigenvalue weighted by molar-refractivity contribution is 6.07. The minimum atomic E-state index is -0.635. The Morgan fingerprint density at radius 2 is 1.91 bits per heavy atom. The Morgan fingerprint density at radius 1 is 1.23 bits per heavy atom. The Balaban J connectivity index is 1.66. The number of urea groups is 1. The fourth-order valence-corrected chi connectivity index (χ4v) is 3.29. The van der Waals surface area contributed by atoms with Gasteiger partial charge in [-0.25, -0.2) is 4.79 Å². The molecule has 4 nitrogen and oxygen atoms in total. The van der Waals surface area contributed by atoms with Crippen LogP contribution >= 0.6 is 0 Å². The molecule has 22 heavy (non-hydrogen) atoms. The number of imide groups is 1. The summed E-state index contributed by atoms with van der Waals surface area (Å²) in [7, 11) is 0. The van der Waals surface area contributed by atoms with Gasteiger partial charge in [-0.3, -0.25) is 9.69 Å². The number of nitrogens with zero attached hydrogens (tertiary/aromatic N) is 1. The highest BCUT2D eigenvalue weighted by Crippen LogP contribution is 2.36. The molecule has 4 heteroatoms. The fraction of sp³-hybridized carbons (Fsp3) is 0.444. The van der Waals surface area contributed by atoms with E-state index in [0.29, 0.717) is 12.5 Å². The zero-order valence-electron chi connectivity index (χ0n) is 12.9. The monoisotopic (exact) mass is 298 g/mol. The Kier molecular flexibility index (Phi) is 4.01. The molecule has 3 amide bonds. The number of hydrogen-bond acceptors (Lipinski definition) is 2. The SMILES string of the molecule is CC1CCC2(CC1)NC(=O)N(C/C=C/c1ccccc1)C2=O. The summed E-state index contributed by atoms with van der Waals surface area (Å²) in [6.45, 7) is 2.53. The second-order valence-electron chi connectivity index (χ2n) is 6.42. The molecule has 1 N–H and O–H groups in total. The van der Waals surface area contributed by atoms with E-state index in [4.69, 9.17) is 0 Å². The van der Waals surface area contributed by atoms with Crippen molar-refractivity contribution in [1.29, 1.82) is 0 Å². The van der Waals surface area contributed by atoms with Gasteiger partial charge in [0.1, 0.15) is 5.54 Å². The van der Waals surface area contributed by atoms with E-state index in [1.165, 1.54) is 4.90 Å². The minimum absolute atomic E-state index is 0.0536. The zero-order chi connectivity index (χ0) is 15.6. The maximum Gasteiger partial charge on any atom is 0.325 e. The van der Waals surface area contributed by atoms with E-state index in [1.54, 1.807) is 0 Å². The molecule has 1 aromatic rings. The van der Waals surface area contributed by atoms with E-state index in [9.17, 15) is 9.59 Å². The topological polar surface area (TPSA) is 49.4 Å². The summed E-state index contributed by atoms with van der Waals surface area (Å²) in [6.07, 6.45) is 7.33. The third-order valence-corrected chi connectivity index (χ3v) is 4.77. The first-order chi connectivity index (χ1) is 10.6. The van der Waals surface area contributed by atoms with Crippen LogP contribution in [0.4, 0.5) is 4.79 Å². The fourth-order valence-electron chi connectivity index (χ4n) is 3.29. The van der Waals surface area contributed by atoms with Gasteiger partial charge in [-0.15, -0.1) is 0 Å². The number of benzene rings is 1. The Hall–Kier alpha value is -2.10. The lowest BCUT2D eigenvalue weighted by atomic mass is 9.77. The van der Waals surface area contributed by atoms with E-state index < -0.39 is 5.54 Å². The summed E-state index contributed by atoms with van der Waals surface area (Å²) < 4.78 is 0. The van der Waals surface area contributed by atoms with Crippen LogP contribution in [0.15, 0.2) is 36.4 Å². The molecule has 0 aromatic heterocycles. The van der Waals surface area contributed by atoms with Gasteiger partial charge in [-0.2, -0.15) is 0 Å². The lowest BCUT2D eigenvalue weighted by molar-refractivity contribution is -0.132. The molecule has 0 atom stereocenters. The first-order valence-electron chi connectivity index (χ1n) is 7.96. The summed E-state index contributed by atoms with van der Waals surface area (Å²) in [5.74, 6) is 0.587. The molecular weight excluding hydrogens is 276 g/mol. The van der Waals surface area contributed by atoms with Crippen LogP contribution in [0.2, 0.25) is 0 Å². The van der Waals surface area contributed by atoms with Crippen LogP contribution in [0.3, 0.4) is 0 Å². The van der Waals surface area contributed by atoms with Crippen molar-refractivity contribution >= 4 is 18.0 Å². The van der Waals surface area contributed by atoms with Crippen LogP contribution in [0, 0.1) is 5.92 Å². The van der Waals surface area contributed by atoms with Crippen LogP contribution in [0.25, 0.3) is 6.08 Å². The molecule has 1 aromatic carbocycles. The van der Waals surface area contributed by atoms with E-state index in [0.717, 1.165) is 31.2 Å². The third-order valence-electron chi connectivity index (χ3n) is 4.77. The molecule has 1 aliphatic heterocycles. The molecule has 3 rings (SSSR count). The lowest BCUT2D eigenvalue weighted by Crippen LogP contribution is -2.49. The van der Waals surface area contributed by atoms with Crippen molar-refractivity contribution in [3.05, 3.63) is 42.0 Å². The van der Waals surface area contributed by atoms with Gasteiger partial charge in [-0.1, -0.05) is 49.4 Å². The van der Waals surface area contributed by atoms with Crippen molar-refractivity contribution < 1.29 is 9.59 Å². The maximum atomic E-state index is 12.7. The number of nitrogens with one attached hydrogen (secondary N) is 1. The standard InChI is InChI=1S/C18H22N2O2/c1-14-9-11-18(12-10-14)16(21)20(17(22)19-18)13-5-8-15-6-3-2-4-7-15/h2-8,14H,9-13H2,1H3,(H,19,22)/b8-5+. The molecule has 1 spiro atoms. The molecule has 2 fully saturated rings. The highest BCUT2D eigenvalue weighted by atomic mass is 16.2. The summed E-state index contributed by atoms with van der Waals surface area (Å²) in [4.78, 5) is 26.1. The first kappa shape index (κ1) is 14.8. The molecule has 1 saturated carbocycles. The molecule has 0 radical (unpaired) electrons. The number of rotatable bonds is 3. The van der Waals surface area contributed by atoms with E-state index in [-0.39, 0.29) is 11.9 Å². The summed E-state index contributed by atoms with van der Waals surface area (Å²) >= 11 is 0. The predicted molar refractivity (Wildman–Crippen MR) is 86.1 cm³/mol. The van der Waals surface area contributed by atoms with Crippen molar-refractivity contribution in [2.75, 3.05) is 6.54 Å². The van der Waals surface area contributed by atoms with Crippen LogP contribution in [0.1, 0.15) is 38.2 Å². The lowest BCUT2D eigenvalue weighted by Gasteiger charge is -2.33. The third kappa shape index (κ3) is 2.78. The maximum absolute atomic E-state index is 12.7. The largest absolute Gasteiger partial charge is 0.325 e. The number of carbonyl (C=O) groups is 2. The van der Waals surface area contributed by atoms with E-state index in [1.807, 2.05) is 42.5 Å². The van der Waals surface area contributed by atoms with Gasteiger partial charge in [0.15, 0.2) is 0 Å². The number of hydrogen-bond donors (Lipinski definition) is 1. The normalized spacial score (nSPS) is 28.6. The van der Waals surface area contributed by atoms with Crippen molar-refractivity contribution in [3.63, 3.8) is 0 Å².